The number of aromatic hydroxyl groups is 1. The molecular weight excluding hydrogens is 246 g/mol. The zero-order valence-corrected chi connectivity index (χ0v) is 11.4. The molecule has 19 heavy (non-hydrogen) atoms. The van der Waals surface area contributed by atoms with E-state index in [-0.39, 0.29) is 30.7 Å². The third-order valence-electron chi connectivity index (χ3n) is 2.80. The van der Waals surface area contributed by atoms with Crippen molar-refractivity contribution in [3.05, 3.63) is 29.8 Å². The fourth-order valence-corrected chi connectivity index (χ4v) is 1.69. The largest absolute Gasteiger partial charge is 0.508 e. The summed E-state index contributed by atoms with van der Waals surface area (Å²) >= 11 is 0. The lowest BCUT2D eigenvalue weighted by Gasteiger charge is -2.25. The van der Waals surface area contributed by atoms with Crippen LogP contribution in [-0.2, 0) is 20.7 Å². The molecule has 0 atom stereocenters. The number of para-hydroxylation sites is 1. The second-order valence-corrected chi connectivity index (χ2v) is 4.50. The van der Waals surface area contributed by atoms with Gasteiger partial charge >= 0.3 is 5.97 Å². The van der Waals surface area contributed by atoms with E-state index in [0.717, 1.165) is 0 Å². The Balaban J connectivity index is 2.78. The van der Waals surface area contributed by atoms with Crippen LogP contribution in [-0.4, -0.2) is 41.6 Å². The number of carbonyl (C=O) groups is 2. The average Bonchev–Trinajstić information content (AvgIpc) is 2.37. The van der Waals surface area contributed by atoms with Crippen LogP contribution in [0.15, 0.2) is 24.3 Å². The van der Waals surface area contributed by atoms with E-state index in [1.807, 2.05) is 13.8 Å². The first-order chi connectivity index (χ1) is 8.95. The van der Waals surface area contributed by atoms with Crippen molar-refractivity contribution < 1.29 is 19.4 Å². The Kier molecular flexibility index (Phi) is 5.36. The molecule has 0 bridgehead atoms. The second kappa shape index (κ2) is 6.78. The molecular formula is C14H19NO4. The summed E-state index contributed by atoms with van der Waals surface area (Å²) < 4.78 is 4.57. The zero-order valence-electron chi connectivity index (χ0n) is 11.4. The van der Waals surface area contributed by atoms with Gasteiger partial charge < -0.3 is 14.7 Å². The summed E-state index contributed by atoms with van der Waals surface area (Å²) in [4.78, 5) is 24.9. The number of methoxy groups -OCH3 is 1. The smallest absolute Gasteiger partial charge is 0.325 e. The maximum absolute atomic E-state index is 12.2. The van der Waals surface area contributed by atoms with Gasteiger partial charge in [0.15, 0.2) is 0 Å². The number of benzene rings is 1. The molecule has 0 unspecified atom stereocenters. The first-order valence-electron chi connectivity index (χ1n) is 6.08. The third-order valence-corrected chi connectivity index (χ3v) is 2.80. The molecule has 5 nitrogen and oxygen atoms in total. The highest BCUT2D eigenvalue weighted by Gasteiger charge is 2.21. The van der Waals surface area contributed by atoms with Crippen molar-refractivity contribution in [2.75, 3.05) is 13.7 Å². The van der Waals surface area contributed by atoms with Crippen molar-refractivity contribution in [3.8, 4) is 5.75 Å². The van der Waals surface area contributed by atoms with Gasteiger partial charge in [0, 0.05) is 11.6 Å². The Hall–Kier alpha value is -2.04. The molecule has 5 heteroatoms. The number of amides is 1. The van der Waals surface area contributed by atoms with E-state index in [0.29, 0.717) is 5.56 Å². The number of phenols is 1. The highest BCUT2D eigenvalue weighted by molar-refractivity contribution is 5.84. The molecule has 0 saturated heterocycles. The van der Waals surface area contributed by atoms with Gasteiger partial charge in [-0.05, 0) is 19.9 Å². The van der Waals surface area contributed by atoms with Gasteiger partial charge in [0.05, 0.1) is 13.5 Å². The third kappa shape index (κ3) is 4.28. The zero-order chi connectivity index (χ0) is 14.4. The maximum atomic E-state index is 12.2. The number of phenolic OH excluding ortho intramolecular Hbond substituents is 1. The molecule has 0 aromatic heterocycles. The van der Waals surface area contributed by atoms with E-state index in [4.69, 9.17) is 0 Å². The Bertz CT molecular complexity index is 457. The fourth-order valence-electron chi connectivity index (χ4n) is 1.69. The highest BCUT2D eigenvalue weighted by atomic mass is 16.5. The van der Waals surface area contributed by atoms with Gasteiger partial charge in [-0.15, -0.1) is 0 Å². The lowest BCUT2D eigenvalue weighted by molar-refractivity contribution is -0.148. The van der Waals surface area contributed by atoms with Gasteiger partial charge in [-0.2, -0.15) is 0 Å². The summed E-state index contributed by atoms with van der Waals surface area (Å²) in [6.45, 7) is 3.57. The number of nitrogens with zero attached hydrogens (tertiary/aromatic N) is 1. The standard InChI is InChI=1S/C14H19NO4/c1-10(2)15(9-14(18)19-3)13(17)8-11-6-4-5-7-12(11)16/h4-7,10,16H,8-9H2,1-3H3. The topological polar surface area (TPSA) is 66.8 Å². The summed E-state index contributed by atoms with van der Waals surface area (Å²) in [7, 11) is 1.29. The van der Waals surface area contributed by atoms with Crippen molar-refractivity contribution >= 4 is 11.9 Å². The van der Waals surface area contributed by atoms with E-state index in [1.54, 1.807) is 18.2 Å². The number of hydrogen-bond acceptors (Lipinski definition) is 4. The van der Waals surface area contributed by atoms with Gasteiger partial charge in [-0.25, -0.2) is 0 Å². The predicted molar refractivity (Wildman–Crippen MR) is 70.7 cm³/mol. The number of rotatable bonds is 5. The number of carbonyl (C=O) groups excluding carboxylic acids is 2. The van der Waals surface area contributed by atoms with Crippen LogP contribution in [0.3, 0.4) is 0 Å². The lowest BCUT2D eigenvalue weighted by atomic mass is 10.1. The Morgan fingerprint density at radius 1 is 1.32 bits per heavy atom. The molecule has 0 fully saturated rings. The van der Waals surface area contributed by atoms with E-state index < -0.39 is 5.97 Å². The van der Waals surface area contributed by atoms with Crippen LogP contribution in [0.1, 0.15) is 19.4 Å². The highest BCUT2D eigenvalue weighted by Crippen LogP contribution is 2.17. The maximum Gasteiger partial charge on any atom is 0.325 e. The SMILES string of the molecule is COC(=O)CN(C(=O)Cc1ccccc1O)C(C)C. The van der Waals surface area contributed by atoms with Gasteiger partial charge in [0.25, 0.3) is 0 Å². The summed E-state index contributed by atoms with van der Waals surface area (Å²) in [5, 5.41) is 9.65. The molecule has 0 aliphatic carbocycles. The minimum atomic E-state index is -0.459. The monoisotopic (exact) mass is 265 g/mol. The Morgan fingerprint density at radius 3 is 2.47 bits per heavy atom. The molecule has 0 aliphatic rings. The molecule has 0 aliphatic heterocycles. The van der Waals surface area contributed by atoms with Crippen LogP contribution in [0.2, 0.25) is 0 Å². The first kappa shape index (κ1) is 15.0. The second-order valence-electron chi connectivity index (χ2n) is 4.50. The fraction of sp³-hybridized carbons (Fsp3) is 0.429. The quantitative estimate of drug-likeness (QED) is 0.816. The first-order valence-corrected chi connectivity index (χ1v) is 6.08. The van der Waals surface area contributed by atoms with E-state index in [2.05, 4.69) is 4.74 Å². The van der Waals surface area contributed by atoms with E-state index >= 15 is 0 Å². The molecule has 1 rings (SSSR count). The number of hydrogen-bond donors (Lipinski definition) is 1. The minimum Gasteiger partial charge on any atom is -0.508 e. The molecule has 1 aromatic carbocycles. The Labute approximate surface area is 112 Å². The van der Waals surface area contributed by atoms with Crippen LogP contribution in [0.4, 0.5) is 0 Å². The van der Waals surface area contributed by atoms with Crippen LogP contribution in [0, 0.1) is 0 Å². The van der Waals surface area contributed by atoms with E-state index in [1.165, 1.54) is 18.1 Å². The summed E-state index contributed by atoms with van der Waals surface area (Å²) in [5.74, 6) is -0.598. The Morgan fingerprint density at radius 2 is 1.95 bits per heavy atom. The van der Waals surface area contributed by atoms with Crippen molar-refractivity contribution in [2.45, 2.75) is 26.3 Å². The average molecular weight is 265 g/mol. The molecule has 1 amide bonds. The van der Waals surface area contributed by atoms with Gasteiger partial charge in [0.1, 0.15) is 12.3 Å². The molecule has 1 N–H and O–H groups in total. The summed E-state index contributed by atoms with van der Waals surface area (Å²) in [5.41, 5.74) is 0.544. The predicted octanol–water partition coefficient (Wildman–Crippen LogP) is 1.34. The number of ether oxygens (including phenoxy) is 1. The normalized spacial score (nSPS) is 10.3. The minimum absolute atomic E-state index is 0.0574. The molecule has 104 valence electrons. The van der Waals surface area contributed by atoms with Gasteiger partial charge in [-0.3, -0.25) is 9.59 Å². The molecule has 0 radical (unpaired) electrons. The molecule has 0 heterocycles. The van der Waals surface area contributed by atoms with Crippen LogP contribution in [0.25, 0.3) is 0 Å². The van der Waals surface area contributed by atoms with Crippen molar-refractivity contribution in [1.82, 2.24) is 4.90 Å². The van der Waals surface area contributed by atoms with Crippen LogP contribution in [0.5, 0.6) is 5.75 Å². The summed E-state index contributed by atoms with van der Waals surface area (Å²) in [6.07, 6.45) is 0.0574. The van der Waals surface area contributed by atoms with Gasteiger partial charge in [0.2, 0.25) is 5.91 Å². The van der Waals surface area contributed by atoms with Crippen LogP contribution >= 0.6 is 0 Å². The van der Waals surface area contributed by atoms with E-state index in [9.17, 15) is 14.7 Å². The van der Waals surface area contributed by atoms with Crippen molar-refractivity contribution in [1.29, 1.82) is 0 Å². The summed E-state index contributed by atoms with van der Waals surface area (Å²) in [6, 6.07) is 6.55. The van der Waals surface area contributed by atoms with Gasteiger partial charge in [-0.1, -0.05) is 18.2 Å². The van der Waals surface area contributed by atoms with Crippen LogP contribution < -0.4 is 0 Å². The molecule has 0 saturated carbocycles. The van der Waals surface area contributed by atoms with Crippen molar-refractivity contribution in [2.24, 2.45) is 0 Å². The molecule has 1 aromatic rings. The molecule has 0 spiro atoms. The lowest BCUT2D eigenvalue weighted by Crippen LogP contribution is -2.41. The van der Waals surface area contributed by atoms with Crippen molar-refractivity contribution in [3.63, 3.8) is 0 Å². The number of esters is 1.